The molecule has 1 aromatic carbocycles. The van der Waals surface area contributed by atoms with Crippen LogP contribution in [0.4, 0.5) is 0 Å². The lowest BCUT2D eigenvalue weighted by Crippen LogP contribution is -2.51. The summed E-state index contributed by atoms with van der Waals surface area (Å²) < 4.78 is 0. The third-order valence-corrected chi connectivity index (χ3v) is 6.60. The molecule has 0 aromatic heterocycles. The first kappa shape index (κ1) is 12.2. The number of fused-ring (bicyclic) bond motifs is 7. The van der Waals surface area contributed by atoms with Gasteiger partial charge in [-0.3, -0.25) is 10.1 Å². The third-order valence-electron chi connectivity index (χ3n) is 6.60. The lowest BCUT2D eigenvalue weighted by molar-refractivity contribution is -0.133. The number of carbonyl (C=O) groups excluding carboxylic acids is 1. The second-order valence-corrected chi connectivity index (χ2v) is 7.43. The highest BCUT2D eigenvalue weighted by atomic mass is 16.2. The zero-order valence-corrected chi connectivity index (χ0v) is 12.5. The highest BCUT2D eigenvalue weighted by Crippen LogP contribution is 2.63. The zero-order chi connectivity index (χ0) is 14.2. The molecule has 5 unspecified atom stereocenters. The summed E-state index contributed by atoms with van der Waals surface area (Å²) >= 11 is 0. The number of rotatable bonds is 1. The second-order valence-electron chi connectivity index (χ2n) is 7.43. The summed E-state index contributed by atoms with van der Waals surface area (Å²) in [5.74, 6) is 2.60. The summed E-state index contributed by atoms with van der Waals surface area (Å²) in [4.78, 5) is 15.2. The molecule has 5 rings (SSSR count). The Kier molecular flexibility index (Phi) is 2.26. The van der Waals surface area contributed by atoms with Crippen molar-refractivity contribution in [1.82, 2.24) is 10.2 Å². The van der Waals surface area contributed by atoms with Gasteiger partial charge in [0.1, 0.15) is 5.66 Å². The number of benzene rings is 1. The van der Waals surface area contributed by atoms with Gasteiger partial charge in [0.25, 0.3) is 0 Å². The maximum Gasteiger partial charge on any atom is 0.228 e. The molecular formula is C18H22N2O. The quantitative estimate of drug-likeness (QED) is 0.857. The van der Waals surface area contributed by atoms with Crippen molar-refractivity contribution in [3.05, 3.63) is 35.4 Å². The molecule has 2 aliphatic heterocycles. The fraction of sp³-hybridized carbons (Fsp3) is 0.611. The van der Waals surface area contributed by atoms with Gasteiger partial charge in [0.2, 0.25) is 5.91 Å². The van der Waals surface area contributed by atoms with E-state index in [-0.39, 0.29) is 11.6 Å². The molecule has 110 valence electrons. The standard InChI is InChI=1S/C18H22N2O/c1-11-2-6-14(7-3-11)18-16-13-5-4-12(10-13)15(16)17(21)20(18)9-8-19-18/h2-3,6-7,12-13,15-16,19H,4-5,8-10H2,1H3. The Bertz CT molecular complexity index is 610. The van der Waals surface area contributed by atoms with Gasteiger partial charge in [-0.25, -0.2) is 0 Å². The molecular weight excluding hydrogens is 260 g/mol. The van der Waals surface area contributed by atoms with Crippen molar-refractivity contribution in [1.29, 1.82) is 0 Å². The summed E-state index contributed by atoms with van der Waals surface area (Å²) in [5.41, 5.74) is 2.39. The number of aryl methyl sites for hydroxylation is 1. The molecule has 2 heterocycles. The molecule has 4 aliphatic rings. The van der Waals surface area contributed by atoms with Crippen LogP contribution in [0.2, 0.25) is 0 Å². The maximum atomic E-state index is 13.0. The first-order valence-electron chi connectivity index (χ1n) is 8.35. The van der Waals surface area contributed by atoms with Crippen molar-refractivity contribution >= 4 is 5.91 Å². The van der Waals surface area contributed by atoms with E-state index in [1.54, 1.807) is 0 Å². The molecule has 21 heavy (non-hydrogen) atoms. The molecule has 5 atom stereocenters. The van der Waals surface area contributed by atoms with Crippen LogP contribution in [0.25, 0.3) is 0 Å². The van der Waals surface area contributed by atoms with Gasteiger partial charge in [-0.05, 0) is 43.6 Å². The van der Waals surface area contributed by atoms with Crippen LogP contribution in [0, 0.1) is 30.6 Å². The molecule has 0 spiro atoms. The summed E-state index contributed by atoms with van der Waals surface area (Å²) in [5, 5.41) is 3.76. The van der Waals surface area contributed by atoms with Gasteiger partial charge < -0.3 is 4.90 Å². The Hall–Kier alpha value is -1.35. The number of nitrogens with zero attached hydrogens (tertiary/aromatic N) is 1. The van der Waals surface area contributed by atoms with Gasteiger partial charge in [-0.15, -0.1) is 0 Å². The highest BCUT2D eigenvalue weighted by molar-refractivity contribution is 5.85. The van der Waals surface area contributed by atoms with E-state index in [1.165, 1.54) is 30.4 Å². The highest BCUT2D eigenvalue weighted by Gasteiger charge is 2.69. The summed E-state index contributed by atoms with van der Waals surface area (Å²) in [6.45, 7) is 3.93. The van der Waals surface area contributed by atoms with Crippen LogP contribution in [0.15, 0.2) is 24.3 Å². The monoisotopic (exact) mass is 282 g/mol. The predicted octanol–water partition coefficient (Wildman–Crippen LogP) is 2.26. The lowest BCUT2D eigenvalue weighted by Gasteiger charge is -2.40. The molecule has 1 N–H and O–H groups in total. The fourth-order valence-electron chi connectivity index (χ4n) is 5.90. The average molecular weight is 282 g/mol. The van der Waals surface area contributed by atoms with Crippen molar-refractivity contribution in [3.63, 3.8) is 0 Å². The molecule has 2 saturated carbocycles. The van der Waals surface area contributed by atoms with Gasteiger partial charge >= 0.3 is 0 Å². The minimum atomic E-state index is -0.199. The van der Waals surface area contributed by atoms with E-state index in [9.17, 15) is 4.79 Å². The Balaban J connectivity index is 1.69. The Morgan fingerprint density at radius 2 is 1.95 bits per heavy atom. The van der Waals surface area contributed by atoms with Gasteiger partial charge in [-0.1, -0.05) is 29.8 Å². The van der Waals surface area contributed by atoms with Crippen molar-refractivity contribution < 1.29 is 4.79 Å². The summed E-state index contributed by atoms with van der Waals surface area (Å²) in [7, 11) is 0. The minimum absolute atomic E-state index is 0.199. The maximum absolute atomic E-state index is 13.0. The van der Waals surface area contributed by atoms with Crippen LogP contribution < -0.4 is 5.32 Å². The van der Waals surface area contributed by atoms with Crippen molar-refractivity contribution in [2.24, 2.45) is 23.7 Å². The fourth-order valence-corrected chi connectivity index (χ4v) is 5.90. The van der Waals surface area contributed by atoms with Crippen molar-refractivity contribution in [3.8, 4) is 0 Å². The van der Waals surface area contributed by atoms with E-state index in [2.05, 4.69) is 41.4 Å². The Morgan fingerprint density at radius 3 is 2.76 bits per heavy atom. The minimum Gasteiger partial charge on any atom is -0.318 e. The van der Waals surface area contributed by atoms with Crippen molar-refractivity contribution in [2.75, 3.05) is 13.1 Å². The van der Waals surface area contributed by atoms with Crippen LogP contribution in [0.5, 0.6) is 0 Å². The van der Waals surface area contributed by atoms with Gasteiger partial charge in [-0.2, -0.15) is 0 Å². The number of amides is 1. The van der Waals surface area contributed by atoms with Gasteiger partial charge in [0.15, 0.2) is 0 Å². The molecule has 1 amide bonds. The first-order chi connectivity index (χ1) is 10.2. The largest absolute Gasteiger partial charge is 0.318 e. The number of hydrogen-bond acceptors (Lipinski definition) is 2. The topological polar surface area (TPSA) is 32.3 Å². The van der Waals surface area contributed by atoms with Gasteiger partial charge in [0, 0.05) is 24.9 Å². The predicted molar refractivity (Wildman–Crippen MR) is 80.4 cm³/mol. The Labute approximate surface area is 125 Å². The third kappa shape index (κ3) is 1.32. The van der Waals surface area contributed by atoms with Crippen LogP contribution in [-0.2, 0) is 10.5 Å². The van der Waals surface area contributed by atoms with E-state index in [4.69, 9.17) is 0 Å². The van der Waals surface area contributed by atoms with E-state index >= 15 is 0 Å². The smallest absolute Gasteiger partial charge is 0.228 e. The van der Waals surface area contributed by atoms with Gasteiger partial charge in [0.05, 0.1) is 0 Å². The zero-order valence-electron chi connectivity index (χ0n) is 12.5. The van der Waals surface area contributed by atoms with E-state index in [0.29, 0.717) is 17.7 Å². The number of nitrogens with one attached hydrogen (secondary N) is 1. The average Bonchev–Trinajstić information content (AvgIpc) is 3.22. The summed E-state index contributed by atoms with van der Waals surface area (Å²) in [6, 6.07) is 8.85. The Morgan fingerprint density at radius 1 is 1.19 bits per heavy atom. The van der Waals surface area contributed by atoms with E-state index < -0.39 is 0 Å². The molecule has 0 radical (unpaired) electrons. The van der Waals surface area contributed by atoms with Crippen LogP contribution in [0.3, 0.4) is 0 Å². The molecule has 3 heteroatoms. The lowest BCUT2D eigenvalue weighted by atomic mass is 9.73. The molecule has 2 bridgehead atoms. The van der Waals surface area contributed by atoms with E-state index in [1.807, 2.05) is 0 Å². The molecule has 1 aromatic rings. The second kappa shape index (κ2) is 3.89. The molecule has 4 fully saturated rings. The number of hydrogen-bond donors (Lipinski definition) is 1. The molecule has 3 nitrogen and oxygen atoms in total. The normalized spacial score (nSPS) is 43.5. The molecule has 2 saturated heterocycles. The van der Waals surface area contributed by atoms with E-state index in [0.717, 1.165) is 19.0 Å². The van der Waals surface area contributed by atoms with Crippen molar-refractivity contribution in [2.45, 2.75) is 31.8 Å². The van der Waals surface area contributed by atoms with Crippen LogP contribution >= 0.6 is 0 Å². The first-order valence-corrected chi connectivity index (χ1v) is 8.35. The van der Waals surface area contributed by atoms with Crippen LogP contribution in [-0.4, -0.2) is 23.9 Å². The summed E-state index contributed by atoms with van der Waals surface area (Å²) in [6.07, 6.45) is 3.88. The van der Waals surface area contributed by atoms with Crippen LogP contribution in [0.1, 0.15) is 30.4 Å². The SMILES string of the molecule is Cc1ccc(C23NCCN2C(=O)C2C4CCC(C4)C23)cc1. The number of carbonyl (C=O) groups is 1. The molecule has 2 aliphatic carbocycles.